The molecule has 0 heterocycles. The van der Waals surface area contributed by atoms with Crippen molar-refractivity contribution in [3.05, 3.63) is 58.6 Å². The molecule has 0 unspecified atom stereocenters. The van der Waals surface area contributed by atoms with E-state index in [2.05, 4.69) is 0 Å². The fraction of sp³-hybridized carbons (Fsp3) is 0.235. The number of likely N-dealkylation sites (N-methyl/N-ethyl adjacent to an activating group) is 1. The number of rotatable bonds is 5. The quantitative estimate of drug-likeness (QED) is 0.783. The van der Waals surface area contributed by atoms with Gasteiger partial charge in [0.2, 0.25) is 0 Å². The Labute approximate surface area is 130 Å². The van der Waals surface area contributed by atoms with E-state index in [0.29, 0.717) is 22.9 Å². The van der Waals surface area contributed by atoms with E-state index in [1.54, 1.807) is 25.3 Å². The number of hydrogen-bond acceptors (Lipinski definition) is 3. The number of nitrogens with zero attached hydrogens (tertiary/aromatic N) is 1. The lowest BCUT2D eigenvalue weighted by molar-refractivity contribution is 0.100. The van der Waals surface area contributed by atoms with Crippen LogP contribution in [-0.4, -0.2) is 26.5 Å². The summed E-state index contributed by atoms with van der Waals surface area (Å²) in [6.45, 7) is 2.33. The van der Waals surface area contributed by atoms with E-state index >= 15 is 0 Å². The van der Waals surface area contributed by atoms with Gasteiger partial charge in [0, 0.05) is 18.3 Å². The molecule has 2 aromatic rings. The van der Waals surface area contributed by atoms with Crippen LogP contribution in [0.15, 0.2) is 42.5 Å². The Balaban J connectivity index is 2.14. The van der Waals surface area contributed by atoms with Crippen molar-refractivity contribution in [2.75, 3.05) is 25.6 Å². The number of para-hydroxylation sites is 1. The maximum atomic E-state index is 12.4. The number of aryl methyl sites for hydroxylation is 1. The Morgan fingerprint density at radius 2 is 1.95 bits per heavy atom. The van der Waals surface area contributed by atoms with E-state index in [-0.39, 0.29) is 5.78 Å². The highest BCUT2D eigenvalue weighted by Crippen LogP contribution is 2.25. The molecule has 0 saturated heterocycles. The van der Waals surface area contributed by atoms with Gasteiger partial charge in [0.25, 0.3) is 0 Å². The summed E-state index contributed by atoms with van der Waals surface area (Å²) in [6.07, 6.45) is 0. The van der Waals surface area contributed by atoms with Crippen molar-refractivity contribution in [2.24, 2.45) is 0 Å². The van der Waals surface area contributed by atoms with Crippen LogP contribution in [0.2, 0.25) is 5.02 Å². The highest BCUT2D eigenvalue weighted by Gasteiger charge is 2.13. The average molecular weight is 304 g/mol. The normalized spacial score (nSPS) is 10.3. The number of carbonyl (C=O) groups is 1. The molecule has 0 aromatic heterocycles. The van der Waals surface area contributed by atoms with Gasteiger partial charge in [-0.1, -0.05) is 29.8 Å². The third-order valence-electron chi connectivity index (χ3n) is 3.38. The predicted molar refractivity (Wildman–Crippen MR) is 86.8 cm³/mol. The molecule has 0 aliphatic carbocycles. The minimum Gasteiger partial charge on any atom is -0.495 e. The number of ether oxygens (including phenoxy) is 1. The van der Waals surface area contributed by atoms with Crippen molar-refractivity contribution in [3.63, 3.8) is 0 Å². The first-order chi connectivity index (χ1) is 10.0. The highest BCUT2D eigenvalue weighted by molar-refractivity contribution is 6.32. The van der Waals surface area contributed by atoms with Gasteiger partial charge in [-0.3, -0.25) is 4.79 Å². The Kier molecular flexibility index (Phi) is 4.86. The molecule has 0 aliphatic heterocycles. The standard InChI is InChI=1S/C17H18ClNO2/c1-12-6-4-5-7-15(12)19(2)11-16(20)13-8-9-17(21-3)14(18)10-13/h4-10H,11H2,1-3H3. The Morgan fingerprint density at radius 3 is 2.57 bits per heavy atom. The molecule has 0 bridgehead atoms. The lowest BCUT2D eigenvalue weighted by atomic mass is 10.1. The number of methoxy groups -OCH3 is 1. The van der Waals surface area contributed by atoms with Gasteiger partial charge in [-0.2, -0.15) is 0 Å². The number of anilines is 1. The highest BCUT2D eigenvalue weighted by atomic mass is 35.5. The van der Waals surface area contributed by atoms with Crippen LogP contribution in [0.4, 0.5) is 5.69 Å². The maximum Gasteiger partial charge on any atom is 0.182 e. The summed E-state index contributed by atoms with van der Waals surface area (Å²) in [5.74, 6) is 0.589. The van der Waals surface area contributed by atoms with Gasteiger partial charge in [-0.05, 0) is 36.8 Å². The molecule has 21 heavy (non-hydrogen) atoms. The summed E-state index contributed by atoms with van der Waals surface area (Å²) >= 11 is 6.06. The van der Waals surface area contributed by atoms with Gasteiger partial charge in [0.15, 0.2) is 5.78 Å². The molecule has 2 aromatic carbocycles. The molecule has 0 aliphatic rings. The van der Waals surface area contributed by atoms with Crippen LogP contribution < -0.4 is 9.64 Å². The van der Waals surface area contributed by atoms with Gasteiger partial charge in [0.05, 0.1) is 18.7 Å². The third kappa shape index (κ3) is 3.56. The summed E-state index contributed by atoms with van der Waals surface area (Å²) in [6, 6.07) is 13.1. The topological polar surface area (TPSA) is 29.5 Å². The molecule has 3 nitrogen and oxygen atoms in total. The Hall–Kier alpha value is -2.00. The van der Waals surface area contributed by atoms with Gasteiger partial charge in [-0.25, -0.2) is 0 Å². The van der Waals surface area contributed by atoms with E-state index in [9.17, 15) is 4.79 Å². The molecule has 4 heteroatoms. The molecule has 0 fully saturated rings. The number of Topliss-reactive ketones (excluding diaryl/α,β-unsaturated/α-hetero) is 1. The zero-order chi connectivity index (χ0) is 15.4. The first kappa shape index (κ1) is 15.4. The number of halogens is 1. The molecule has 2 rings (SSSR count). The molecule has 0 spiro atoms. The molecular formula is C17H18ClNO2. The van der Waals surface area contributed by atoms with Gasteiger partial charge in [-0.15, -0.1) is 0 Å². The van der Waals surface area contributed by atoms with E-state index in [1.807, 2.05) is 43.1 Å². The molecule has 110 valence electrons. The first-order valence-electron chi connectivity index (χ1n) is 6.66. The fourth-order valence-corrected chi connectivity index (χ4v) is 2.48. The van der Waals surface area contributed by atoms with Crippen LogP contribution in [0, 0.1) is 6.92 Å². The third-order valence-corrected chi connectivity index (χ3v) is 3.68. The second kappa shape index (κ2) is 6.64. The summed E-state index contributed by atoms with van der Waals surface area (Å²) in [5, 5.41) is 0.446. The van der Waals surface area contributed by atoms with Crippen LogP contribution in [-0.2, 0) is 0 Å². The molecule has 0 N–H and O–H groups in total. The maximum absolute atomic E-state index is 12.4. The number of carbonyl (C=O) groups excluding carboxylic acids is 1. The smallest absolute Gasteiger partial charge is 0.182 e. The molecular weight excluding hydrogens is 286 g/mol. The fourth-order valence-electron chi connectivity index (χ4n) is 2.22. The average Bonchev–Trinajstić information content (AvgIpc) is 2.47. The van der Waals surface area contributed by atoms with Crippen LogP contribution in [0.25, 0.3) is 0 Å². The summed E-state index contributed by atoms with van der Waals surface area (Å²) in [4.78, 5) is 14.3. The van der Waals surface area contributed by atoms with E-state index in [0.717, 1.165) is 11.3 Å². The summed E-state index contributed by atoms with van der Waals surface area (Å²) < 4.78 is 5.09. The van der Waals surface area contributed by atoms with Crippen molar-refractivity contribution in [1.29, 1.82) is 0 Å². The lowest BCUT2D eigenvalue weighted by Crippen LogP contribution is -2.26. The molecule has 0 atom stereocenters. The zero-order valence-corrected chi connectivity index (χ0v) is 13.1. The minimum atomic E-state index is 0.0188. The predicted octanol–water partition coefficient (Wildman–Crippen LogP) is 3.98. The van der Waals surface area contributed by atoms with Crippen LogP contribution in [0.1, 0.15) is 15.9 Å². The number of ketones is 1. The summed E-state index contributed by atoms with van der Waals surface area (Å²) in [7, 11) is 3.46. The minimum absolute atomic E-state index is 0.0188. The van der Waals surface area contributed by atoms with Crippen LogP contribution >= 0.6 is 11.6 Å². The number of benzene rings is 2. The van der Waals surface area contributed by atoms with Crippen molar-refractivity contribution in [2.45, 2.75) is 6.92 Å². The first-order valence-corrected chi connectivity index (χ1v) is 7.04. The van der Waals surface area contributed by atoms with E-state index in [4.69, 9.17) is 16.3 Å². The van der Waals surface area contributed by atoms with Gasteiger partial charge >= 0.3 is 0 Å². The van der Waals surface area contributed by atoms with Crippen LogP contribution in [0.3, 0.4) is 0 Å². The molecule has 0 saturated carbocycles. The van der Waals surface area contributed by atoms with Gasteiger partial charge < -0.3 is 9.64 Å². The Bertz CT molecular complexity index is 655. The van der Waals surface area contributed by atoms with Crippen molar-refractivity contribution in [1.82, 2.24) is 0 Å². The Morgan fingerprint density at radius 1 is 1.24 bits per heavy atom. The van der Waals surface area contributed by atoms with E-state index in [1.165, 1.54) is 0 Å². The van der Waals surface area contributed by atoms with Crippen LogP contribution in [0.5, 0.6) is 5.75 Å². The van der Waals surface area contributed by atoms with E-state index < -0.39 is 0 Å². The van der Waals surface area contributed by atoms with Crippen molar-refractivity contribution < 1.29 is 9.53 Å². The molecule has 0 amide bonds. The zero-order valence-electron chi connectivity index (χ0n) is 12.4. The SMILES string of the molecule is COc1ccc(C(=O)CN(C)c2ccccc2C)cc1Cl. The number of hydrogen-bond donors (Lipinski definition) is 0. The second-order valence-corrected chi connectivity index (χ2v) is 5.32. The van der Waals surface area contributed by atoms with Crippen molar-refractivity contribution >= 4 is 23.1 Å². The van der Waals surface area contributed by atoms with Gasteiger partial charge in [0.1, 0.15) is 5.75 Å². The second-order valence-electron chi connectivity index (χ2n) is 4.92. The summed E-state index contributed by atoms with van der Waals surface area (Å²) in [5.41, 5.74) is 2.77. The molecule has 0 radical (unpaired) electrons. The largest absolute Gasteiger partial charge is 0.495 e. The van der Waals surface area contributed by atoms with Crippen molar-refractivity contribution in [3.8, 4) is 5.75 Å². The lowest BCUT2D eigenvalue weighted by Gasteiger charge is -2.20. The monoisotopic (exact) mass is 303 g/mol.